The summed E-state index contributed by atoms with van der Waals surface area (Å²) in [7, 11) is -4.77. The lowest BCUT2D eigenvalue weighted by Crippen LogP contribution is -2.35. The lowest BCUT2D eigenvalue weighted by molar-refractivity contribution is -0.106. The number of sulfonamides is 1. The summed E-state index contributed by atoms with van der Waals surface area (Å²) < 4.78 is 70.1. The van der Waals surface area contributed by atoms with Gasteiger partial charge in [0.15, 0.2) is 5.75 Å². The van der Waals surface area contributed by atoms with Crippen LogP contribution in [0, 0.1) is 0 Å². The molecule has 36 heavy (non-hydrogen) atoms. The molecule has 1 aromatic heterocycles. The number of nitrogens with one attached hydrogen (secondary N) is 1. The Morgan fingerprint density at radius 3 is 2.61 bits per heavy atom. The van der Waals surface area contributed by atoms with Gasteiger partial charge in [-0.2, -0.15) is 13.2 Å². The molecule has 0 fully saturated rings. The van der Waals surface area contributed by atoms with Gasteiger partial charge in [0, 0.05) is 18.3 Å². The summed E-state index contributed by atoms with van der Waals surface area (Å²) in [6.07, 6.45) is -3.07. The van der Waals surface area contributed by atoms with Crippen LogP contribution in [0.1, 0.15) is 55.9 Å². The third-order valence-corrected chi connectivity index (χ3v) is 7.34. The normalized spacial score (nSPS) is 15.3. The molecule has 0 bridgehead atoms. The van der Waals surface area contributed by atoms with Gasteiger partial charge < -0.3 is 9.64 Å². The van der Waals surface area contributed by atoms with Crippen molar-refractivity contribution in [2.45, 2.75) is 65.3 Å². The maximum atomic E-state index is 12.8. The van der Waals surface area contributed by atoms with Crippen molar-refractivity contribution in [1.82, 2.24) is 10.2 Å². The molecule has 2 aromatic rings. The van der Waals surface area contributed by atoms with Crippen molar-refractivity contribution in [1.29, 1.82) is 0 Å². The number of anilines is 2. The van der Waals surface area contributed by atoms with Crippen LogP contribution in [0.25, 0.3) is 0 Å². The number of esters is 1. The smallest absolute Gasteiger partial charge is 0.404 e. The van der Waals surface area contributed by atoms with Gasteiger partial charge in [-0.3, -0.25) is 4.72 Å². The van der Waals surface area contributed by atoms with Crippen LogP contribution in [0.5, 0.6) is 0 Å². The van der Waals surface area contributed by atoms with Gasteiger partial charge in [0.25, 0.3) is 5.13 Å². The van der Waals surface area contributed by atoms with E-state index in [1.165, 1.54) is 6.07 Å². The van der Waals surface area contributed by atoms with Gasteiger partial charge in [0.2, 0.25) is 15.0 Å². The minimum atomic E-state index is -4.92. The monoisotopic (exact) mass is 548 g/mol. The zero-order valence-electron chi connectivity index (χ0n) is 20.2. The molecule has 1 aromatic carbocycles. The topological polar surface area (TPSA) is 126 Å². The highest BCUT2D eigenvalue weighted by atomic mass is 32.2. The van der Waals surface area contributed by atoms with Crippen molar-refractivity contribution in [2.75, 3.05) is 21.9 Å². The number of nitrogens with zero attached hydrogens (tertiary/aromatic N) is 5. The summed E-state index contributed by atoms with van der Waals surface area (Å²) in [5.74, 6) is -2.70. The molecule has 0 saturated carbocycles. The number of fused-ring (bicyclic) bond motifs is 1. The maximum absolute atomic E-state index is 12.8. The van der Waals surface area contributed by atoms with E-state index >= 15 is 0 Å². The number of azo groups is 1. The van der Waals surface area contributed by atoms with Crippen LogP contribution >= 0.6 is 11.3 Å². The minimum absolute atomic E-state index is 0.00303. The van der Waals surface area contributed by atoms with Gasteiger partial charge in [0.1, 0.15) is 5.69 Å². The molecule has 3 rings (SSSR count). The predicted octanol–water partition coefficient (Wildman–Crippen LogP) is 5.37. The van der Waals surface area contributed by atoms with E-state index in [0.29, 0.717) is 18.5 Å². The quantitative estimate of drug-likeness (QED) is 0.330. The highest BCUT2D eigenvalue weighted by molar-refractivity contribution is 7.92. The molecule has 0 radical (unpaired) electrons. The molecule has 15 heteroatoms. The number of hydrogen-bond donors (Lipinski definition) is 1. The van der Waals surface area contributed by atoms with Crippen LogP contribution in [0.2, 0.25) is 0 Å². The van der Waals surface area contributed by atoms with Crippen molar-refractivity contribution in [3.63, 3.8) is 0 Å². The zero-order chi connectivity index (χ0) is 26.7. The van der Waals surface area contributed by atoms with Gasteiger partial charge in [-0.25, -0.2) is 13.2 Å². The van der Waals surface area contributed by atoms with Crippen LogP contribution in [-0.4, -0.2) is 55.2 Å². The molecule has 2 heterocycles. The second-order valence-corrected chi connectivity index (χ2v) is 11.3. The number of ether oxygens (including phenoxy) is 1. The van der Waals surface area contributed by atoms with E-state index in [9.17, 15) is 26.4 Å². The highest BCUT2D eigenvalue weighted by Gasteiger charge is 2.36. The molecule has 1 unspecified atom stereocenters. The largest absolute Gasteiger partial charge is 0.457 e. The SMILES string of the molecule is CCC(C)OC(=O)c1nnc(N=Nc2cc3c(cc2NS(=O)(=O)CC(F)(F)F)N(C(C)C)CCC3)s1. The molecule has 0 aliphatic carbocycles. The summed E-state index contributed by atoms with van der Waals surface area (Å²) in [4.78, 5) is 14.2. The first kappa shape index (κ1) is 27.8. The van der Waals surface area contributed by atoms with Crippen molar-refractivity contribution < 1.29 is 31.1 Å². The first-order chi connectivity index (χ1) is 16.8. The number of benzene rings is 1. The molecular weight excluding hydrogens is 521 g/mol. The number of hydrogen-bond acceptors (Lipinski definition) is 10. The van der Waals surface area contributed by atoms with Crippen molar-refractivity contribution in [3.05, 3.63) is 22.7 Å². The van der Waals surface area contributed by atoms with E-state index < -0.39 is 27.9 Å². The zero-order valence-corrected chi connectivity index (χ0v) is 21.8. The fourth-order valence-corrected chi connectivity index (χ4v) is 5.07. The average molecular weight is 549 g/mol. The molecule has 1 N–H and O–H groups in total. The van der Waals surface area contributed by atoms with Gasteiger partial charge in [-0.1, -0.05) is 18.3 Å². The van der Waals surface area contributed by atoms with Gasteiger partial charge in [0.05, 0.1) is 11.8 Å². The van der Waals surface area contributed by atoms with Crippen LogP contribution in [0.15, 0.2) is 22.4 Å². The third kappa shape index (κ3) is 7.35. The van der Waals surface area contributed by atoms with E-state index in [4.69, 9.17) is 4.74 Å². The molecular formula is C21H27F3N6O4S2. The molecule has 1 aliphatic rings. The Morgan fingerprint density at radius 2 is 1.97 bits per heavy atom. The van der Waals surface area contributed by atoms with Crippen LogP contribution in [-0.2, 0) is 21.2 Å². The number of aryl methyl sites for hydroxylation is 1. The van der Waals surface area contributed by atoms with Crippen molar-refractivity contribution in [2.24, 2.45) is 10.2 Å². The Bertz CT molecular complexity index is 1230. The molecule has 0 spiro atoms. The Balaban J connectivity index is 1.96. The minimum Gasteiger partial charge on any atom is -0.457 e. The van der Waals surface area contributed by atoms with Gasteiger partial charge in [-0.15, -0.1) is 20.4 Å². The number of alkyl halides is 3. The van der Waals surface area contributed by atoms with Crippen LogP contribution < -0.4 is 9.62 Å². The van der Waals surface area contributed by atoms with Crippen LogP contribution in [0.4, 0.5) is 35.4 Å². The Hall–Kier alpha value is -2.81. The second-order valence-electron chi connectivity index (χ2n) is 8.58. The first-order valence-electron chi connectivity index (χ1n) is 11.2. The van der Waals surface area contributed by atoms with Crippen molar-refractivity contribution >= 4 is 49.5 Å². The number of carbonyl (C=O) groups excluding carboxylic acids is 1. The Kier molecular flexibility index (Phi) is 8.54. The molecule has 198 valence electrons. The highest BCUT2D eigenvalue weighted by Crippen LogP contribution is 2.39. The number of aromatic nitrogens is 2. The Labute approximate surface area is 211 Å². The first-order valence-corrected chi connectivity index (χ1v) is 13.7. The summed E-state index contributed by atoms with van der Waals surface area (Å²) in [6.45, 7) is 8.25. The molecule has 1 atom stereocenters. The van der Waals surface area contributed by atoms with E-state index in [0.717, 1.165) is 29.9 Å². The lowest BCUT2D eigenvalue weighted by atomic mass is 9.99. The summed E-state index contributed by atoms with van der Waals surface area (Å²) >= 11 is 0.820. The standard InChI is InChI=1S/C21H27F3N6O4S2/c1-5-13(4)34-19(31)18-26-28-20(35-18)27-25-15-9-14-7-6-8-30(12(2)3)17(14)10-16(15)29-36(32,33)11-21(22,23)24/h9-10,12-13,29H,5-8,11H2,1-4H3. The molecule has 0 saturated heterocycles. The fourth-order valence-electron chi connectivity index (χ4n) is 3.52. The molecule has 10 nitrogen and oxygen atoms in total. The summed E-state index contributed by atoms with van der Waals surface area (Å²) in [5, 5.41) is 15.4. The van der Waals surface area contributed by atoms with Gasteiger partial charge >= 0.3 is 12.1 Å². The van der Waals surface area contributed by atoms with E-state index in [1.807, 2.05) is 30.4 Å². The number of carbonyl (C=O) groups is 1. The number of halogens is 3. The molecule has 1 aliphatic heterocycles. The van der Waals surface area contributed by atoms with E-state index in [2.05, 4.69) is 20.4 Å². The maximum Gasteiger partial charge on any atom is 0.404 e. The molecule has 0 amide bonds. The summed E-state index contributed by atoms with van der Waals surface area (Å²) in [6, 6.07) is 3.16. The number of rotatable bonds is 9. The fraction of sp³-hybridized carbons (Fsp3) is 0.571. The van der Waals surface area contributed by atoms with E-state index in [-0.39, 0.29) is 33.7 Å². The van der Waals surface area contributed by atoms with E-state index in [1.54, 1.807) is 13.0 Å². The average Bonchev–Trinajstić information content (AvgIpc) is 3.24. The second kappa shape index (κ2) is 11.1. The van der Waals surface area contributed by atoms with Crippen LogP contribution in [0.3, 0.4) is 0 Å². The predicted molar refractivity (Wildman–Crippen MR) is 130 cm³/mol. The van der Waals surface area contributed by atoms with Crippen molar-refractivity contribution in [3.8, 4) is 0 Å². The lowest BCUT2D eigenvalue weighted by Gasteiger charge is -2.35. The van der Waals surface area contributed by atoms with Gasteiger partial charge in [-0.05, 0) is 57.7 Å². The summed E-state index contributed by atoms with van der Waals surface area (Å²) in [5.41, 5.74) is 1.45. The third-order valence-electron chi connectivity index (χ3n) is 5.31. The Morgan fingerprint density at radius 1 is 1.25 bits per heavy atom.